The molecule has 0 amide bonds. The van der Waals surface area contributed by atoms with Crippen LogP contribution in [-0.2, 0) is 0 Å². The van der Waals surface area contributed by atoms with E-state index in [9.17, 15) is 0 Å². The molecule has 0 spiro atoms. The van der Waals surface area contributed by atoms with Gasteiger partial charge in [-0.15, -0.1) is 0 Å². The van der Waals surface area contributed by atoms with Gasteiger partial charge in [-0.1, -0.05) is 12.1 Å². The monoisotopic (exact) mass is 203 g/mol. The molecule has 0 aliphatic heterocycles. The maximum Gasteiger partial charge on any atom is 0.0457 e. The first-order valence-corrected chi connectivity index (χ1v) is 5.34. The molecule has 0 bridgehead atoms. The lowest BCUT2D eigenvalue weighted by Crippen LogP contribution is -2.12. The van der Waals surface area contributed by atoms with Gasteiger partial charge in [-0.25, -0.2) is 0 Å². The van der Waals surface area contributed by atoms with E-state index in [4.69, 9.17) is 11.5 Å². The second-order valence-electron chi connectivity index (χ2n) is 3.82. The molecule has 0 unspecified atom stereocenters. The highest BCUT2D eigenvalue weighted by Crippen LogP contribution is 2.24. The molecule has 5 N–H and O–H groups in total. The number of nitrogens with two attached hydrogens (primary N) is 2. The Kier molecular flexibility index (Phi) is 3.04. The van der Waals surface area contributed by atoms with Crippen molar-refractivity contribution < 1.29 is 0 Å². The minimum Gasteiger partial charge on any atom is -0.361 e. The third kappa shape index (κ3) is 2.03. The van der Waals surface area contributed by atoms with Crippen molar-refractivity contribution in [2.45, 2.75) is 18.9 Å². The van der Waals surface area contributed by atoms with Crippen molar-refractivity contribution in [1.82, 2.24) is 4.98 Å². The first-order chi connectivity index (χ1) is 7.33. The quantitative estimate of drug-likeness (QED) is 0.710. The number of hydrogen-bond acceptors (Lipinski definition) is 2. The lowest BCUT2D eigenvalue weighted by molar-refractivity contribution is 0.621. The van der Waals surface area contributed by atoms with Crippen LogP contribution >= 0.6 is 0 Å². The van der Waals surface area contributed by atoms with Crippen LogP contribution in [0, 0.1) is 0 Å². The second kappa shape index (κ2) is 4.47. The number of benzene rings is 1. The fourth-order valence-electron chi connectivity index (χ4n) is 1.93. The molecule has 0 saturated carbocycles. The Labute approximate surface area is 89.5 Å². The number of rotatable bonds is 4. The van der Waals surface area contributed by atoms with Crippen LogP contribution in [0.5, 0.6) is 0 Å². The third-order valence-corrected chi connectivity index (χ3v) is 2.75. The van der Waals surface area contributed by atoms with Gasteiger partial charge >= 0.3 is 0 Å². The molecule has 3 nitrogen and oxygen atoms in total. The first-order valence-electron chi connectivity index (χ1n) is 5.34. The number of fused-ring (bicyclic) bond motifs is 1. The normalized spacial score (nSPS) is 13.2. The summed E-state index contributed by atoms with van der Waals surface area (Å²) in [6.07, 6.45) is 3.87. The Balaban J connectivity index is 2.29. The second-order valence-corrected chi connectivity index (χ2v) is 3.82. The minimum absolute atomic E-state index is 0.0908. The zero-order valence-electron chi connectivity index (χ0n) is 8.74. The molecule has 15 heavy (non-hydrogen) atoms. The lowest BCUT2D eigenvalue weighted by Gasteiger charge is -2.12. The molecular weight excluding hydrogens is 186 g/mol. The van der Waals surface area contributed by atoms with E-state index < -0.39 is 0 Å². The Hall–Kier alpha value is -1.32. The molecule has 1 aromatic carbocycles. The molecule has 0 aliphatic rings. The van der Waals surface area contributed by atoms with E-state index >= 15 is 0 Å². The Morgan fingerprint density at radius 1 is 1.27 bits per heavy atom. The third-order valence-electron chi connectivity index (χ3n) is 2.75. The van der Waals surface area contributed by atoms with Crippen LogP contribution in [0.3, 0.4) is 0 Å². The lowest BCUT2D eigenvalue weighted by atomic mass is 9.99. The summed E-state index contributed by atoms with van der Waals surface area (Å²) >= 11 is 0. The van der Waals surface area contributed by atoms with E-state index in [-0.39, 0.29) is 6.04 Å². The summed E-state index contributed by atoms with van der Waals surface area (Å²) in [5.41, 5.74) is 14.0. The molecule has 3 heteroatoms. The van der Waals surface area contributed by atoms with Crippen LogP contribution in [0.4, 0.5) is 0 Å². The molecule has 0 fully saturated rings. The van der Waals surface area contributed by atoms with Gasteiger partial charge in [-0.2, -0.15) is 0 Å². The molecule has 1 aromatic heterocycles. The van der Waals surface area contributed by atoms with Gasteiger partial charge in [0.1, 0.15) is 0 Å². The summed E-state index contributed by atoms with van der Waals surface area (Å²) in [4.78, 5) is 3.19. The summed E-state index contributed by atoms with van der Waals surface area (Å²) in [6.45, 7) is 0.705. The highest BCUT2D eigenvalue weighted by molar-refractivity contribution is 5.83. The number of H-pyrrole nitrogens is 1. The van der Waals surface area contributed by atoms with Crippen LogP contribution in [0.1, 0.15) is 24.4 Å². The van der Waals surface area contributed by atoms with Gasteiger partial charge < -0.3 is 16.5 Å². The number of nitrogens with one attached hydrogen (secondary N) is 1. The van der Waals surface area contributed by atoms with Crippen molar-refractivity contribution >= 4 is 10.9 Å². The predicted octanol–water partition coefficient (Wildman–Crippen LogP) is 1.91. The van der Waals surface area contributed by atoms with Gasteiger partial charge in [0, 0.05) is 23.1 Å². The van der Waals surface area contributed by atoms with Crippen molar-refractivity contribution in [1.29, 1.82) is 0 Å². The summed E-state index contributed by atoms with van der Waals surface area (Å²) in [6, 6.07) is 8.36. The Morgan fingerprint density at radius 2 is 2.13 bits per heavy atom. The molecule has 0 radical (unpaired) electrons. The van der Waals surface area contributed by atoms with E-state index in [1.54, 1.807) is 0 Å². The average Bonchev–Trinajstić information content (AvgIpc) is 2.73. The van der Waals surface area contributed by atoms with E-state index in [1.165, 1.54) is 10.9 Å². The van der Waals surface area contributed by atoms with E-state index in [1.807, 2.05) is 12.3 Å². The maximum atomic E-state index is 6.14. The molecule has 80 valence electrons. The van der Waals surface area contributed by atoms with Crippen LogP contribution < -0.4 is 11.5 Å². The van der Waals surface area contributed by atoms with Gasteiger partial charge in [0.05, 0.1) is 0 Å². The van der Waals surface area contributed by atoms with Gasteiger partial charge in [-0.05, 0) is 37.1 Å². The predicted molar refractivity (Wildman–Crippen MR) is 63.5 cm³/mol. The van der Waals surface area contributed by atoms with E-state index in [2.05, 4.69) is 23.2 Å². The van der Waals surface area contributed by atoms with Crippen LogP contribution in [0.25, 0.3) is 10.9 Å². The maximum absolute atomic E-state index is 6.14. The SMILES string of the molecule is NCCC[C@@H](N)c1cccc2[nH]ccc12. The summed E-state index contributed by atoms with van der Waals surface area (Å²) in [5.74, 6) is 0. The molecule has 1 heterocycles. The van der Waals surface area contributed by atoms with Crippen LogP contribution in [0.2, 0.25) is 0 Å². The average molecular weight is 203 g/mol. The standard InChI is InChI=1S/C12H17N3/c13-7-2-4-11(14)9-3-1-5-12-10(9)6-8-15-12/h1,3,5-6,8,11,15H,2,4,7,13-14H2/t11-/m1/s1. The van der Waals surface area contributed by atoms with E-state index in [0.717, 1.165) is 18.4 Å². The Morgan fingerprint density at radius 3 is 2.93 bits per heavy atom. The van der Waals surface area contributed by atoms with Crippen molar-refractivity contribution in [2.24, 2.45) is 11.5 Å². The summed E-state index contributed by atoms with van der Waals surface area (Å²) in [5, 5.41) is 1.22. The van der Waals surface area contributed by atoms with Gasteiger partial charge in [-0.3, -0.25) is 0 Å². The number of hydrogen-bond donors (Lipinski definition) is 3. The van der Waals surface area contributed by atoms with Gasteiger partial charge in [0.2, 0.25) is 0 Å². The highest BCUT2D eigenvalue weighted by Gasteiger charge is 2.09. The van der Waals surface area contributed by atoms with Crippen LogP contribution in [-0.4, -0.2) is 11.5 Å². The first kappa shape index (κ1) is 10.2. The number of aromatic nitrogens is 1. The fourth-order valence-corrected chi connectivity index (χ4v) is 1.93. The highest BCUT2D eigenvalue weighted by atomic mass is 14.7. The fraction of sp³-hybridized carbons (Fsp3) is 0.333. The largest absolute Gasteiger partial charge is 0.361 e. The number of aromatic amines is 1. The molecule has 0 saturated heterocycles. The molecule has 1 atom stereocenters. The Bertz CT molecular complexity index is 433. The van der Waals surface area contributed by atoms with Gasteiger partial charge in [0.25, 0.3) is 0 Å². The minimum atomic E-state index is 0.0908. The molecular formula is C12H17N3. The smallest absolute Gasteiger partial charge is 0.0457 e. The van der Waals surface area contributed by atoms with Crippen molar-refractivity contribution in [3.8, 4) is 0 Å². The summed E-state index contributed by atoms with van der Waals surface area (Å²) in [7, 11) is 0. The van der Waals surface area contributed by atoms with E-state index in [0.29, 0.717) is 6.54 Å². The topological polar surface area (TPSA) is 67.8 Å². The molecule has 2 rings (SSSR count). The zero-order valence-corrected chi connectivity index (χ0v) is 8.74. The molecule has 2 aromatic rings. The summed E-state index contributed by atoms with van der Waals surface area (Å²) < 4.78 is 0. The van der Waals surface area contributed by atoms with Crippen LogP contribution in [0.15, 0.2) is 30.5 Å². The van der Waals surface area contributed by atoms with Crippen molar-refractivity contribution in [3.63, 3.8) is 0 Å². The van der Waals surface area contributed by atoms with Crippen molar-refractivity contribution in [2.75, 3.05) is 6.54 Å². The zero-order chi connectivity index (χ0) is 10.7. The molecule has 0 aliphatic carbocycles. The van der Waals surface area contributed by atoms with Gasteiger partial charge in [0.15, 0.2) is 0 Å². The van der Waals surface area contributed by atoms with Crippen molar-refractivity contribution in [3.05, 3.63) is 36.0 Å².